The Morgan fingerprint density at radius 2 is 1.87 bits per heavy atom. The first-order chi connectivity index (χ1) is 15.0. The SMILES string of the molecule is CCCn1c(=O)c2[nH]c(-c3cnn(CC#Cc4ccc(C)cc4)c3)nc2n(CC)c1=O. The first-order valence-electron chi connectivity index (χ1n) is 10.3. The summed E-state index contributed by atoms with van der Waals surface area (Å²) in [5.74, 6) is 6.73. The molecule has 8 heteroatoms. The summed E-state index contributed by atoms with van der Waals surface area (Å²) in [7, 11) is 0. The molecular formula is C23H24N6O2. The summed E-state index contributed by atoms with van der Waals surface area (Å²) in [4.78, 5) is 33.1. The van der Waals surface area contributed by atoms with E-state index in [1.165, 1.54) is 14.7 Å². The summed E-state index contributed by atoms with van der Waals surface area (Å²) in [6.45, 7) is 7.06. The molecule has 31 heavy (non-hydrogen) atoms. The van der Waals surface area contributed by atoms with Crippen molar-refractivity contribution in [1.82, 2.24) is 28.9 Å². The lowest BCUT2D eigenvalue weighted by atomic mass is 10.2. The molecule has 3 aromatic heterocycles. The summed E-state index contributed by atoms with van der Waals surface area (Å²) in [6, 6.07) is 8.04. The minimum Gasteiger partial charge on any atom is -0.332 e. The lowest BCUT2D eigenvalue weighted by molar-refractivity contribution is 0.572. The van der Waals surface area contributed by atoms with Crippen LogP contribution in [-0.2, 0) is 19.6 Å². The van der Waals surface area contributed by atoms with Crippen LogP contribution in [0.25, 0.3) is 22.6 Å². The third kappa shape index (κ3) is 3.94. The number of imidazole rings is 1. The molecule has 0 atom stereocenters. The molecule has 4 rings (SSSR count). The number of nitrogens with one attached hydrogen (secondary N) is 1. The maximum Gasteiger partial charge on any atom is 0.332 e. The van der Waals surface area contributed by atoms with Crippen LogP contribution in [0.3, 0.4) is 0 Å². The van der Waals surface area contributed by atoms with Gasteiger partial charge in [0.2, 0.25) is 0 Å². The first-order valence-corrected chi connectivity index (χ1v) is 10.3. The van der Waals surface area contributed by atoms with Crippen LogP contribution in [-0.4, -0.2) is 28.9 Å². The summed E-state index contributed by atoms with van der Waals surface area (Å²) >= 11 is 0. The molecule has 0 fully saturated rings. The van der Waals surface area contributed by atoms with Crippen molar-refractivity contribution in [3.05, 3.63) is 68.6 Å². The van der Waals surface area contributed by atoms with E-state index in [4.69, 9.17) is 0 Å². The number of aromatic nitrogens is 6. The van der Waals surface area contributed by atoms with E-state index in [9.17, 15) is 9.59 Å². The highest BCUT2D eigenvalue weighted by molar-refractivity contribution is 5.75. The molecule has 1 N–H and O–H groups in total. The third-order valence-electron chi connectivity index (χ3n) is 5.06. The fourth-order valence-electron chi connectivity index (χ4n) is 3.44. The van der Waals surface area contributed by atoms with E-state index in [1.807, 2.05) is 51.2 Å². The van der Waals surface area contributed by atoms with Crippen LogP contribution in [0.1, 0.15) is 31.4 Å². The quantitative estimate of drug-likeness (QED) is 0.506. The van der Waals surface area contributed by atoms with Crippen molar-refractivity contribution in [3.63, 3.8) is 0 Å². The number of benzene rings is 1. The molecule has 0 aliphatic rings. The van der Waals surface area contributed by atoms with Gasteiger partial charge in [0.05, 0.1) is 11.8 Å². The Morgan fingerprint density at radius 1 is 1.10 bits per heavy atom. The van der Waals surface area contributed by atoms with Gasteiger partial charge in [0.15, 0.2) is 5.65 Å². The molecule has 0 aliphatic carbocycles. The van der Waals surface area contributed by atoms with Crippen molar-refractivity contribution in [3.8, 4) is 23.2 Å². The second-order valence-corrected chi connectivity index (χ2v) is 7.36. The fraction of sp³-hybridized carbons (Fsp3) is 0.304. The Bertz CT molecular complexity index is 1410. The monoisotopic (exact) mass is 416 g/mol. The summed E-state index contributed by atoms with van der Waals surface area (Å²) in [5, 5.41) is 4.34. The highest BCUT2D eigenvalue weighted by Gasteiger charge is 2.17. The Morgan fingerprint density at radius 3 is 2.58 bits per heavy atom. The lowest BCUT2D eigenvalue weighted by Crippen LogP contribution is -2.39. The Hall–Kier alpha value is -3.86. The molecular weight excluding hydrogens is 392 g/mol. The molecule has 4 aromatic rings. The number of rotatable bonds is 5. The number of aryl methyl sites for hydroxylation is 2. The number of aromatic amines is 1. The summed E-state index contributed by atoms with van der Waals surface area (Å²) < 4.78 is 4.49. The Balaban J connectivity index is 1.65. The van der Waals surface area contributed by atoms with Gasteiger partial charge in [0.25, 0.3) is 5.56 Å². The van der Waals surface area contributed by atoms with E-state index in [0.717, 1.165) is 11.1 Å². The maximum absolute atomic E-state index is 12.8. The number of hydrogen-bond acceptors (Lipinski definition) is 4. The van der Waals surface area contributed by atoms with Gasteiger partial charge in [-0.25, -0.2) is 9.78 Å². The molecule has 0 aliphatic heterocycles. The zero-order chi connectivity index (χ0) is 22.0. The molecule has 1 aromatic carbocycles. The van der Waals surface area contributed by atoms with Crippen LogP contribution in [0.4, 0.5) is 0 Å². The zero-order valence-corrected chi connectivity index (χ0v) is 17.8. The van der Waals surface area contributed by atoms with Gasteiger partial charge in [-0.2, -0.15) is 5.10 Å². The van der Waals surface area contributed by atoms with Crippen molar-refractivity contribution in [1.29, 1.82) is 0 Å². The highest BCUT2D eigenvalue weighted by atomic mass is 16.2. The average molecular weight is 416 g/mol. The van der Waals surface area contributed by atoms with Gasteiger partial charge >= 0.3 is 5.69 Å². The number of nitrogens with zero attached hydrogens (tertiary/aromatic N) is 5. The van der Waals surface area contributed by atoms with Crippen molar-refractivity contribution in [2.45, 2.75) is 46.8 Å². The van der Waals surface area contributed by atoms with Crippen LogP contribution < -0.4 is 11.2 Å². The van der Waals surface area contributed by atoms with Gasteiger partial charge in [-0.15, -0.1) is 0 Å². The second kappa shape index (κ2) is 8.48. The predicted octanol–water partition coefficient (Wildman–Crippen LogP) is 2.54. The van der Waals surface area contributed by atoms with E-state index in [2.05, 4.69) is 26.9 Å². The van der Waals surface area contributed by atoms with Crippen molar-refractivity contribution >= 4 is 11.2 Å². The topological polar surface area (TPSA) is 90.5 Å². The smallest absolute Gasteiger partial charge is 0.332 e. The van der Waals surface area contributed by atoms with Crippen LogP contribution >= 0.6 is 0 Å². The van der Waals surface area contributed by atoms with Gasteiger partial charge < -0.3 is 4.98 Å². The van der Waals surface area contributed by atoms with E-state index in [0.29, 0.717) is 43.0 Å². The predicted molar refractivity (Wildman–Crippen MR) is 120 cm³/mol. The molecule has 0 amide bonds. The number of fused-ring (bicyclic) bond motifs is 1. The fourth-order valence-corrected chi connectivity index (χ4v) is 3.44. The Kier molecular flexibility index (Phi) is 5.58. The maximum atomic E-state index is 12.8. The van der Waals surface area contributed by atoms with E-state index in [1.54, 1.807) is 10.9 Å². The minimum atomic E-state index is -0.346. The van der Waals surface area contributed by atoms with E-state index >= 15 is 0 Å². The number of H-pyrrole nitrogens is 1. The van der Waals surface area contributed by atoms with Crippen LogP contribution in [0.5, 0.6) is 0 Å². The van der Waals surface area contributed by atoms with Crippen molar-refractivity contribution in [2.24, 2.45) is 0 Å². The summed E-state index contributed by atoms with van der Waals surface area (Å²) in [5.41, 5.74) is 2.90. The molecule has 0 saturated heterocycles. The van der Waals surface area contributed by atoms with Crippen LogP contribution in [0.2, 0.25) is 0 Å². The summed E-state index contributed by atoms with van der Waals surface area (Å²) in [6.07, 6.45) is 4.19. The van der Waals surface area contributed by atoms with E-state index < -0.39 is 0 Å². The normalized spacial score (nSPS) is 10.9. The zero-order valence-electron chi connectivity index (χ0n) is 17.8. The molecule has 0 bridgehead atoms. The highest BCUT2D eigenvalue weighted by Crippen LogP contribution is 2.17. The van der Waals surface area contributed by atoms with Crippen molar-refractivity contribution < 1.29 is 0 Å². The molecule has 0 saturated carbocycles. The van der Waals surface area contributed by atoms with E-state index in [-0.39, 0.29) is 11.2 Å². The van der Waals surface area contributed by atoms with Gasteiger partial charge in [0.1, 0.15) is 17.9 Å². The van der Waals surface area contributed by atoms with Gasteiger partial charge in [-0.05, 0) is 32.4 Å². The van der Waals surface area contributed by atoms with Crippen LogP contribution in [0, 0.1) is 18.8 Å². The molecule has 0 spiro atoms. The molecule has 0 unspecified atom stereocenters. The second-order valence-electron chi connectivity index (χ2n) is 7.36. The van der Waals surface area contributed by atoms with Crippen LogP contribution in [0.15, 0.2) is 46.2 Å². The van der Waals surface area contributed by atoms with Gasteiger partial charge in [0, 0.05) is 24.8 Å². The minimum absolute atomic E-state index is 0.330. The first kappa shape index (κ1) is 20.4. The standard InChI is InChI=1S/C23H24N6O2/c1-4-12-29-22(30)19-21(28(5-2)23(29)31)26-20(25-19)18-14-24-27(15-18)13-6-7-17-10-8-16(3)9-11-17/h8-11,14-15H,4-5,12-13H2,1-3H3,(H,25,26). The molecule has 8 nitrogen and oxygen atoms in total. The molecule has 0 radical (unpaired) electrons. The lowest BCUT2D eigenvalue weighted by Gasteiger charge is -2.07. The average Bonchev–Trinajstić information content (AvgIpc) is 3.40. The third-order valence-corrected chi connectivity index (χ3v) is 5.06. The Labute approximate surface area is 179 Å². The van der Waals surface area contributed by atoms with Gasteiger partial charge in [-0.3, -0.25) is 18.6 Å². The van der Waals surface area contributed by atoms with Crippen molar-refractivity contribution in [2.75, 3.05) is 0 Å². The molecule has 158 valence electrons. The largest absolute Gasteiger partial charge is 0.332 e. The number of hydrogen-bond donors (Lipinski definition) is 1. The molecule has 3 heterocycles. The van der Waals surface area contributed by atoms with Gasteiger partial charge in [-0.1, -0.05) is 36.5 Å².